The number of carbonyl (C=O) groups excluding carboxylic acids is 1. The second kappa shape index (κ2) is 6.60. The highest BCUT2D eigenvalue weighted by molar-refractivity contribution is 7.98. The number of rotatable bonds is 4. The van der Waals surface area contributed by atoms with Crippen molar-refractivity contribution in [3.63, 3.8) is 0 Å². The minimum absolute atomic E-state index is 0.0678. The molecule has 0 aliphatic carbocycles. The predicted molar refractivity (Wildman–Crippen MR) is 88.9 cm³/mol. The molecule has 4 nitrogen and oxygen atoms in total. The lowest BCUT2D eigenvalue weighted by Crippen LogP contribution is -2.24. The van der Waals surface area contributed by atoms with Crippen LogP contribution in [0.15, 0.2) is 34.5 Å². The van der Waals surface area contributed by atoms with Crippen LogP contribution in [0, 0.1) is 5.92 Å². The van der Waals surface area contributed by atoms with Crippen molar-refractivity contribution in [2.24, 2.45) is 5.92 Å². The van der Waals surface area contributed by atoms with Crippen LogP contribution in [-0.4, -0.2) is 30.2 Å². The molecule has 1 aliphatic rings. The third-order valence-electron chi connectivity index (χ3n) is 3.55. The average molecular weight is 319 g/mol. The van der Waals surface area contributed by atoms with E-state index in [0.29, 0.717) is 5.13 Å². The summed E-state index contributed by atoms with van der Waals surface area (Å²) >= 11 is 3.19. The van der Waals surface area contributed by atoms with Crippen LogP contribution in [0.2, 0.25) is 0 Å². The summed E-state index contributed by atoms with van der Waals surface area (Å²) in [5.41, 5.74) is 1.99. The van der Waals surface area contributed by atoms with E-state index in [0.717, 1.165) is 30.8 Å². The van der Waals surface area contributed by atoms with Gasteiger partial charge in [-0.25, -0.2) is 4.98 Å². The van der Waals surface area contributed by atoms with Crippen LogP contribution >= 0.6 is 23.1 Å². The number of hydrogen-bond donors (Lipinski definition) is 2. The van der Waals surface area contributed by atoms with E-state index in [2.05, 4.69) is 46.1 Å². The van der Waals surface area contributed by atoms with Crippen LogP contribution in [0.1, 0.15) is 6.42 Å². The second-order valence-electron chi connectivity index (χ2n) is 4.95. The zero-order chi connectivity index (χ0) is 14.7. The number of nitrogens with zero attached hydrogens (tertiary/aromatic N) is 1. The number of anilines is 1. The van der Waals surface area contributed by atoms with E-state index >= 15 is 0 Å². The first-order valence-corrected chi connectivity index (χ1v) is 8.98. The number of thioether (sulfide) groups is 1. The molecule has 1 aromatic heterocycles. The van der Waals surface area contributed by atoms with Crippen molar-refractivity contribution in [3.05, 3.63) is 29.6 Å². The van der Waals surface area contributed by atoms with Gasteiger partial charge in [-0.3, -0.25) is 4.79 Å². The number of benzene rings is 1. The summed E-state index contributed by atoms with van der Waals surface area (Å²) in [4.78, 5) is 17.8. The van der Waals surface area contributed by atoms with Crippen molar-refractivity contribution >= 4 is 34.1 Å². The Bertz CT molecular complexity index is 618. The van der Waals surface area contributed by atoms with E-state index < -0.39 is 0 Å². The SMILES string of the molecule is CSc1ccc(-c2csc(NC(=O)C3CCNC3)n2)cc1. The van der Waals surface area contributed by atoms with Crippen LogP contribution in [-0.2, 0) is 4.79 Å². The molecule has 0 radical (unpaired) electrons. The predicted octanol–water partition coefficient (Wildman–Crippen LogP) is 3.08. The van der Waals surface area contributed by atoms with Crippen LogP contribution in [0.4, 0.5) is 5.13 Å². The second-order valence-corrected chi connectivity index (χ2v) is 6.68. The van der Waals surface area contributed by atoms with Crippen molar-refractivity contribution in [2.75, 3.05) is 24.7 Å². The third kappa shape index (κ3) is 3.45. The first-order valence-electron chi connectivity index (χ1n) is 6.88. The lowest BCUT2D eigenvalue weighted by molar-refractivity contribution is -0.119. The third-order valence-corrected chi connectivity index (χ3v) is 5.05. The van der Waals surface area contributed by atoms with Crippen molar-refractivity contribution in [1.82, 2.24) is 10.3 Å². The lowest BCUT2D eigenvalue weighted by Gasteiger charge is -2.06. The minimum Gasteiger partial charge on any atom is -0.316 e. The van der Waals surface area contributed by atoms with Gasteiger partial charge in [-0.15, -0.1) is 23.1 Å². The largest absolute Gasteiger partial charge is 0.316 e. The molecule has 2 N–H and O–H groups in total. The molecule has 1 aromatic carbocycles. The molecule has 0 saturated carbocycles. The molecule has 1 saturated heterocycles. The molecule has 0 bridgehead atoms. The van der Waals surface area contributed by atoms with E-state index in [1.54, 1.807) is 11.8 Å². The zero-order valence-corrected chi connectivity index (χ0v) is 13.4. The summed E-state index contributed by atoms with van der Waals surface area (Å²) in [6, 6.07) is 8.30. The fourth-order valence-electron chi connectivity index (χ4n) is 2.31. The van der Waals surface area contributed by atoms with E-state index in [9.17, 15) is 4.79 Å². The Hall–Kier alpha value is -1.37. The van der Waals surface area contributed by atoms with Gasteiger partial charge in [-0.2, -0.15) is 0 Å². The Morgan fingerprint density at radius 2 is 2.24 bits per heavy atom. The van der Waals surface area contributed by atoms with Gasteiger partial charge in [0.05, 0.1) is 11.6 Å². The molecule has 1 aliphatic heterocycles. The standard InChI is InChI=1S/C15H17N3OS2/c1-20-12-4-2-10(3-5-12)13-9-21-15(17-13)18-14(19)11-6-7-16-8-11/h2-5,9,11,16H,6-8H2,1H3,(H,17,18,19). The Morgan fingerprint density at radius 1 is 1.43 bits per heavy atom. The minimum atomic E-state index is 0.0678. The van der Waals surface area contributed by atoms with Crippen molar-refractivity contribution in [3.8, 4) is 11.3 Å². The highest BCUT2D eigenvalue weighted by Crippen LogP contribution is 2.27. The fourth-order valence-corrected chi connectivity index (χ4v) is 3.44. The molecule has 0 spiro atoms. The summed E-state index contributed by atoms with van der Waals surface area (Å²) in [6.07, 6.45) is 2.96. The van der Waals surface area contributed by atoms with Gasteiger partial charge in [0.1, 0.15) is 0 Å². The summed E-state index contributed by atoms with van der Waals surface area (Å²) in [6.45, 7) is 1.68. The normalized spacial score (nSPS) is 17.9. The molecular weight excluding hydrogens is 302 g/mol. The Morgan fingerprint density at radius 3 is 2.90 bits per heavy atom. The monoisotopic (exact) mass is 319 g/mol. The van der Waals surface area contributed by atoms with Gasteiger partial charge in [0.15, 0.2) is 5.13 Å². The van der Waals surface area contributed by atoms with Gasteiger partial charge in [0, 0.05) is 22.4 Å². The van der Waals surface area contributed by atoms with Crippen molar-refractivity contribution in [2.45, 2.75) is 11.3 Å². The molecule has 3 rings (SSSR count). The van der Waals surface area contributed by atoms with Crippen LogP contribution in [0.5, 0.6) is 0 Å². The first-order chi connectivity index (χ1) is 10.3. The van der Waals surface area contributed by atoms with Gasteiger partial charge < -0.3 is 10.6 Å². The molecule has 1 unspecified atom stereocenters. The molecule has 21 heavy (non-hydrogen) atoms. The van der Waals surface area contributed by atoms with E-state index in [1.807, 2.05) is 5.38 Å². The van der Waals surface area contributed by atoms with Crippen molar-refractivity contribution in [1.29, 1.82) is 0 Å². The van der Waals surface area contributed by atoms with Crippen molar-refractivity contribution < 1.29 is 4.79 Å². The van der Waals surface area contributed by atoms with Crippen LogP contribution in [0.3, 0.4) is 0 Å². The Labute approximate surface area is 132 Å². The fraction of sp³-hybridized carbons (Fsp3) is 0.333. The number of thiazole rings is 1. The summed E-state index contributed by atoms with van der Waals surface area (Å²) < 4.78 is 0. The van der Waals surface area contributed by atoms with Gasteiger partial charge in [0.2, 0.25) is 5.91 Å². The summed E-state index contributed by atoms with van der Waals surface area (Å²) in [5, 5.41) is 8.78. The number of carbonyl (C=O) groups is 1. The Balaban J connectivity index is 1.68. The maximum absolute atomic E-state index is 12.1. The van der Waals surface area contributed by atoms with Crippen LogP contribution < -0.4 is 10.6 Å². The highest BCUT2D eigenvalue weighted by Gasteiger charge is 2.23. The number of amides is 1. The molecule has 110 valence electrons. The molecule has 1 amide bonds. The molecule has 6 heteroatoms. The number of aromatic nitrogens is 1. The molecule has 2 heterocycles. The summed E-state index contributed by atoms with van der Waals surface area (Å²) in [5.74, 6) is 0.136. The zero-order valence-electron chi connectivity index (χ0n) is 11.8. The first kappa shape index (κ1) is 14.6. The van der Waals surface area contributed by atoms with E-state index in [-0.39, 0.29) is 11.8 Å². The van der Waals surface area contributed by atoms with Crippen LogP contribution in [0.25, 0.3) is 11.3 Å². The summed E-state index contributed by atoms with van der Waals surface area (Å²) in [7, 11) is 0. The molecule has 1 atom stereocenters. The smallest absolute Gasteiger partial charge is 0.230 e. The quantitative estimate of drug-likeness (QED) is 0.850. The number of hydrogen-bond acceptors (Lipinski definition) is 5. The van der Waals surface area contributed by atoms with Gasteiger partial charge >= 0.3 is 0 Å². The maximum Gasteiger partial charge on any atom is 0.230 e. The maximum atomic E-state index is 12.1. The number of nitrogens with one attached hydrogen (secondary N) is 2. The molecule has 2 aromatic rings. The van der Waals surface area contributed by atoms with Gasteiger partial charge in [0.25, 0.3) is 0 Å². The molecular formula is C15H17N3OS2. The van der Waals surface area contributed by atoms with E-state index in [4.69, 9.17) is 0 Å². The average Bonchev–Trinajstić information content (AvgIpc) is 3.19. The van der Waals surface area contributed by atoms with E-state index in [1.165, 1.54) is 16.2 Å². The van der Waals surface area contributed by atoms with Gasteiger partial charge in [-0.05, 0) is 31.4 Å². The molecule has 1 fully saturated rings. The highest BCUT2D eigenvalue weighted by atomic mass is 32.2. The Kier molecular flexibility index (Phi) is 4.57. The lowest BCUT2D eigenvalue weighted by atomic mass is 10.1. The van der Waals surface area contributed by atoms with Gasteiger partial charge in [-0.1, -0.05) is 12.1 Å². The topological polar surface area (TPSA) is 54.0 Å².